The second-order valence-corrected chi connectivity index (χ2v) is 4.76. The summed E-state index contributed by atoms with van der Waals surface area (Å²) in [5.41, 5.74) is 0.760. The Labute approximate surface area is 110 Å². The van der Waals surface area contributed by atoms with Gasteiger partial charge in [0, 0.05) is 17.5 Å². The number of rotatable bonds is 6. The number of hydrogen-bond acceptors (Lipinski definition) is 2. The summed E-state index contributed by atoms with van der Waals surface area (Å²) in [6.07, 6.45) is 0.312. The molecule has 0 spiro atoms. The zero-order valence-corrected chi connectivity index (χ0v) is 11.7. The molecular formula is C13H18BrFO2. The van der Waals surface area contributed by atoms with Gasteiger partial charge in [-0.3, -0.25) is 0 Å². The molecule has 2 atom stereocenters. The third kappa shape index (κ3) is 4.37. The lowest BCUT2D eigenvalue weighted by molar-refractivity contribution is -0.0335. The topological polar surface area (TPSA) is 29.5 Å². The average molecular weight is 305 g/mol. The van der Waals surface area contributed by atoms with Gasteiger partial charge in [0.25, 0.3) is 0 Å². The summed E-state index contributed by atoms with van der Waals surface area (Å²) in [6, 6.07) is 4.48. The molecule has 0 aromatic heterocycles. The highest BCUT2D eigenvalue weighted by molar-refractivity contribution is 9.10. The smallest absolute Gasteiger partial charge is 0.123 e. The molecule has 96 valence electrons. The van der Waals surface area contributed by atoms with E-state index in [1.807, 2.05) is 13.8 Å². The Kier molecular flexibility index (Phi) is 6.09. The first-order valence-corrected chi connectivity index (χ1v) is 6.61. The summed E-state index contributed by atoms with van der Waals surface area (Å²) < 4.78 is 19.3. The molecule has 1 aromatic carbocycles. The minimum Gasteiger partial charge on any atom is -0.390 e. The summed E-state index contributed by atoms with van der Waals surface area (Å²) in [4.78, 5) is 0. The average Bonchev–Trinajstić information content (AvgIpc) is 2.30. The molecule has 0 aliphatic carbocycles. The van der Waals surface area contributed by atoms with Gasteiger partial charge < -0.3 is 9.84 Å². The van der Waals surface area contributed by atoms with Gasteiger partial charge in [-0.05, 0) is 37.1 Å². The van der Waals surface area contributed by atoms with Crippen LogP contribution in [0.15, 0.2) is 22.7 Å². The molecule has 0 saturated carbocycles. The predicted molar refractivity (Wildman–Crippen MR) is 69.5 cm³/mol. The van der Waals surface area contributed by atoms with E-state index in [0.717, 1.165) is 16.5 Å². The first-order chi connectivity index (χ1) is 8.08. The van der Waals surface area contributed by atoms with Gasteiger partial charge in [0.05, 0.1) is 12.2 Å². The maximum absolute atomic E-state index is 13.1. The van der Waals surface area contributed by atoms with E-state index in [1.165, 1.54) is 12.1 Å². The van der Waals surface area contributed by atoms with Crippen molar-refractivity contribution in [2.75, 3.05) is 6.61 Å². The molecule has 0 saturated heterocycles. The Morgan fingerprint density at radius 1 is 1.41 bits per heavy atom. The molecule has 0 aliphatic rings. The Morgan fingerprint density at radius 3 is 2.71 bits per heavy atom. The standard InChI is InChI=1S/C13H18BrFO2/c1-3-13(17-4-2)12(16)8-9-7-10(15)5-6-11(9)14/h5-7,12-13,16H,3-4,8H2,1-2H3. The van der Waals surface area contributed by atoms with Crippen molar-refractivity contribution < 1.29 is 14.2 Å². The number of benzene rings is 1. The van der Waals surface area contributed by atoms with Crippen molar-refractivity contribution >= 4 is 15.9 Å². The number of ether oxygens (including phenoxy) is 1. The van der Waals surface area contributed by atoms with Crippen LogP contribution < -0.4 is 0 Å². The highest BCUT2D eigenvalue weighted by Crippen LogP contribution is 2.21. The number of hydrogen-bond donors (Lipinski definition) is 1. The van der Waals surface area contributed by atoms with Gasteiger partial charge >= 0.3 is 0 Å². The fourth-order valence-electron chi connectivity index (χ4n) is 1.77. The zero-order valence-electron chi connectivity index (χ0n) is 10.1. The molecule has 1 aromatic rings. The summed E-state index contributed by atoms with van der Waals surface area (Å²) in [6.45, 7) is 4.43. The van der Waals surface area contributed by atoms with Gasteiger partial charge in [0.15, 0.2) is 0 Å². The lowest BCUT2D eigenvalue weighted by Crippen LogP contribution is -2.30. The van der Waals surface area contributed by atoms with E-state index in [-0.39, 0.29) is 11.9 Å². The van der Waals surface area contributed by atoms with Crippen LogP contribution in [0.4, 0.5) is 4.39 Å². The van der Waals surface area contributed by atoms with Gasteiger partial charge in [-0.15, -0.1) is 0 Å². The number of aliphatic hydroxyl groups is 1. The highest BCUT2D eigenvalue weighted by Gasteiger charge is 2.19. The number of halogens is 2. The molecule has 1 rings (SSSR count). The molecule has 0 bridgehead atoms. The quantitative estimate of drug-likeness (QED) is 0.874. The normalized spacial score (nSPS) is 14.6. The molecule has 4 heteroatoms. The van der Waals surface area contributed by atoms with Crippen molar-refractivity contribution in [1.82, 2.24) is 0 Å². The molecule has 0 radical (unpaired) electrons. The van der Waals surface area contributed by atoms with Crippen LogP contribution in [0.3, 0.4) is 0 Å². The van der Waals surface area contributed by atoms with Crippen LogP contribution in [-0.4, -0.2) is 23.9 Å². The Morgan fingerprint density at radius 2 is 2.12 bits per heavy atom. The Hall–Kier alpha value is -0.450. The number of aliphatic hydroxyl groups excluding tert-OH is 1. The Bertz CT molecular complexity index is 357. The first-order valence-electron chi connectivity index (χ1n) is 5.82. The van der Waals surface area contributed by atoms with Gasteiger partial charge in [-0.2, -0.15) is 0 Å². The van der Waals surface area contributed by atoms with E-state index in [2.05, 4.69) is 15.9 Å². The minimum absolute atomic E-state index is 0.199. The molecule has 0 heterocycles. The van der Waals surface area contributed by atoms with Crippen LogP contribution in [0.2, 0.25) is 0 Å². The molecule has 17 heavy (non-hydrogen) atoms. The molecule has 1 N–H and O–H groups in total. The van der Waals surface area contributed by atoms with Gasteiger partial charge in [0.2, 0.25) is 0 Å². The van der Waals surface area contributed by atoms with Crippen LogP contribution in [0.5, 0.6) is 0 Å². The monoisotopic (exact) mass is 304 g/mol. The van der Waals surface area contributed by atoms with Crippen molar-refractivity contribution in [2.24, 2.45) is 0 Å². The SMILES string of the molecule is CCOC(CC)C(O)Cc1cc(F)ccc1Br. The lowest BCUT2D eigenvalue weighted by atomic mass is 10.0. The van der Waals surface area contributed by atoms with E-state index in [1.54, 1.807) is 6.07 Å². The van der Waals surface area contributed by atoms with Crippen molar-refractivity contribution in [1.29, 1.82) is 0 Å². The van der Waals surface area contributed by atoms with Crippen molar-refractivity contribution in [3.05, 3.63) is 34.1 Å². The van der Waals surface area contributed by atoms with Gasteiger partial charge in [-0.25, -0.2) is 4.39 Å². The molecular weight excluding hydrogens is 287 g/mol. The zero-order chi connectivity index (χ0) is 12.8. The molecule has 0 amide bonds. The van der Waals surface area contributed by atoms with Crippen LogP contribution in [-0.2, 0) is 11.2 Å². The third-order valence-electron chi connectivity index (χ3n) is 2.65. The second-order valence-electron chi connectivity index (χ2n) is 3.91. The van der Waals surface area contributed by atoms with E-state index in [0.29, 0.717) is 13.0 Å². The fourth-order valence-corrected chi connectivity index (χ4v) is 2.18. The van der Waals surface area contributed by atoms with E-state index in [4.69, 9.17) is 4.74 Å². The highest BCUT2D eigenvalue weighted by atomic mass is 79.9. The van der Waals surface area contributed by atoms with Gasteiger partial charge in [0.1, 0.15) is 5.82 Å². The molecule has 0 aliphatic heterocycles. The second kappa shape index (κ2) is 7.09. The molecule has 2 nitrogen and oxygen atoms in total. The summed E-state index contributed by atoms with van der Waals surface area (Å²) in [7, 11) is 0. The van der Waals surface area contributed by atoms with Crippen molar-refractivity contribution in [3.8, 4) is 0 Å². The van der Waals surface area contributed by atoms with E-state index >= 15 is 0 Å². The molecule has 2 unspecified atom stereocenters. The summed E-state index contributed by atoms with van der Waals surface area (Å²) >= 11 is 3.35. The van der Waals surface area contributed by atoms with Gasteiger partial charge in [-0.1, -0.05) is 22.9 Å². The maximum Gasteiger partial charge on any atom is 0.123 e. The van der Waals surface area contributed by atoms with Crippen LogP contribution in [0, 0.1) is 5.82 Å². The largest absolute Gasteiger partial charge is 0.390 e. The Balaban J connectivity index is 2.72. The van der Waals surface area contributed by atoms with Crippen molar-refractivity contribution in [2.45, 2.75) is 38.9 Å². The third-order valence-corrected chi connectivity index (χ3v) is 3.42. The van der Waals surface area contributed by atoms with Crippen LogP contribution in [0.1, 0.15) is 25.8 Å². The van der Waals surface area contributed by atoms with Crippen LogP contribution in [0.25, 0.3) is 0 Å². The fraction of sp³-hybridized carbons (Fsp3) is 0.538. The lowest BCUT2D eigenvalue weighted by Gasteiger charge is -2.22. The maximum atomic E-state index is 13.1. The molecule has 0 fully saturated rings. The minimum atomic E-state index is -0.613. The summed E-state index contributed by atoms with van der Waals surface area (Å²) in [5, 5.41) is 10.0. The van der Waals surface area contributed by atoms with E-state index < -0.39 is 6.10 Å². The predicted octanol–water partition coefficient (Wildman–Crippen LogP) is 3.31. The summed E-state index contributed by atoms with van der Waals surface area (Å²) in [5.74, 6) is -0.292. The van der Waals surface area contributed by atoms with Crippen molar-refractivity contribution in [3.63, 3.8) is 0 Å². The van der Waals surface area contributed by atoms with E-state index in [9.17, 15) is 9.50 Å². The van der Waals surface area contributed by atoms with Crippen LogP contribution >= 0.6 is 15.9 Å². The first kappa shape index (κ1) is 14.6.